The van der Waals surface area contributed by atoms with Crippen LogP contribution in [0.15, 0.2) is 30.5 Å². The number of carboxylic acid groups (broad SMARTS) is 2. The molecule has 0 spiro atoms. The summed E-state index contributed by atoms with van der Waals surface area (Å²) in [5.41, 5.74) is 7.43. The minimum absolute atomic E-state index is 0. The van der Waals surface area contributed by atoms with Crippen LogP contribution in [0.4, 0.5) is 0 Å². The van der Waals surface area contributed by atoms with Crippen molar-refractivity contribution in [2.75, 3.05) is 27.7 Å². The lowest BCUT2D eigenvalue weighted by atomic mass is 10.1. The average molecular weight is 402 g/mol. The highest BCUT2D eigenvalue weighted by Gasteiger charge is 2.15. The van der Waals surface area contributed by atoms with Crippen molar-refractivity contribution in [2.45, 2.75) is 25.0 Å². The Bertz CT molecular complexity index is 742. The number of para-hydroxylation sites is 1. The number of likely N-dealkylation sites (N-methyl/N-ethyl adjacent to an activating group) is 1. The number of rotatable bonds is 7. The van der Waals surface area contributed by atoms with E-state index in [1.807, 2.05) is 51.6 Å². The van der Waals surface area contributed by atoms with Crippen molar-refractivity contribution >= 4 is 35.2 Å². The average Bonchev–Trinajstić information content (AvgIpc) is 2.88. The Labute approximate surface area is 164 Å². The van der Waals surface area contributed by atoms with E-state index in [9.17, 15) is 14.7 Å². The molecular formula is C18H28ClN3O5. The van der Waals surface area contributed by atoms with Crippen LogP contribution in [0, 0.1) is 0 Å². The zero-order chi connectivity index (χ0) is 19.9. The highest BCUT2D eigenvalue weighted by Crippen LogP contribution is 2.18. The fraction of sp³-hybridized carbons (Fsp3) is 0.444. The number of halogens is 1. The Hall–Kier alpha value is -2.13. The maximum atomic E-state index is 10.6. The number of H-pyrrole nitrogens is 1. The van der Waals surface area contributed by atoms with Crippen LogP contribution in [-0.4, -0.2) is 71.5 Å². The van der Waals surface area contributed by atoms with Crippen LogP contribution in [0.1, 0.15) is 12.0 Å². The van der Waals surface area contributed by atoms with Crippen molar-refractivity contribution in [1.29, 1.82) is 0 Å². The van der Waals surface area contributed by atoms with E-state index in [1.165, 1.54) is 0 Å². The highest BCUT2D eigenvalue weighted by molar-refractivity contribution is 5.85. The topological polar surface area (TPSA) is 139 Å². The number of aliphatic carboxylic acids is 2. The van der Waals surface area contributed by atoms with Gasteiger partial charge in [-0.05, 0) is 11.6 Å². The van der Waals surface area contributed by atoms with Crippen LogP contribution in [-0.2, 0) is 16.0 Å². The number of aromatic nitrogens is 1. The zero-order valence-electron chi connectivity index (χ0n) is 15.7. The molecule has 2 unspecified atom stereocenters. The van der Waals surface area contributed by atoms with Crippen molar-refractivity contribution in [3.8, 4) is 0 Å². The molecule has 0 amide bonds. The molecule has 8 nitrogen and oxygen atoms in total. The van der Waals surface area contributed by atoms with E-state index >= 15 is 0 Å². The van der Waals surface area contributed by atoms with Gasteiger partial charge in [0, 0.05) is 35.9 Å². The summed E-state index contributed by atoms with van der Waals surface area (Å²) in [6.07, 6.45) is 1.07. The van der Waals surface area contributed by atoms with Gasteiger partial charge in [0.1, 0.15) is 18.7 Å². The van der Waals surface area contributed by atoms with E-state index in [0.717, 1.165) is 16.5 Å². The lowest BCUT2D eigenvalue weighted by Gasteiger charge is -2.26. The van der Waals surface area contributed by atoms with Crippen LogP contribution >= 0.6 is 12.4 Å². The highest BCUT2D eigenvalue weighted by atomic mass is 35.5. The first-order valence-electron chi connectivity index (χ1n) is 8.21. The van der Waals surface area contributed by atoms with Gasteiger partial charge in [-0.3, -0.25) is 4.79 Å². The molecule has 9 heteroatoms. The normalized spacial score (nSPS) is 13.1. The van der Waals surface area contributed by atoms with Gasteiger partial charge in [-0.1, -0.05) is 18.2 Å². The van der Waals surface area contributed by atoms with Crippen LogP contribution in [0.2, 0.25) is 0 Å². The predicted molar refractivity (Wildman–Crippen MR) is 103 cm³/mol. The molecule has 1 aromatic carbocycles. The molecule has 0 aliphatic carbocycles. The Morgan fingerprint density at radius 2 is 1.85 bits per heavy atom. The molecule has 1 aromatic heterocycles. The van der Waals surface area contributed by atoms with E-state index in [-0.39, 0.29) is 18.8 Å². The Kier molecular flexibility index (Phi) is 10.0. The summed E-state index contributed by atoms with van der Waals surface area (Å²) in [6.45, 7) is 0.425. The number of quaternary nitrogens is 1. The maximum Gasteiger partial charge on any atom is 0.320 e. The smallest absolute Gasteiger partial charge is 0.320 e. The summed E-state index contributed by atoms with van der Waals surface area (Å²) in [6, 6.07) is 6.91. The molecule has 2 atom stereocenters. The third-order valence-electron chi connectivity index (χ3n) is 3.59. The molecule has 0 radical (unpaired) electrons. The van der Waals surface area contributed by atoms with E-state index < -0.39 is 24.1 Å². The molecule has 27 heavy (non-hydrogen) atoms. The molecule has 0 saturated carbocycles. The van der Waals surface area contributed by atoms with E-state index in [2.05, 4.69) is 4.98 Å². The van der Waals surface area contributed by atoms with Gasteiger partial charge in [0.15, 0.2) is 0 Å². The lowest BCUT2D eigenvalue weighted by molar-refractivity contribution is -0.873. The lowest BCUT2D eigenvalue weighted by Crippen LogP contribution is -2.43. The van der Waals surface area contributed by atoms with Crippen LogP contribution in [0.25, 0.3) is 10.9 Å². The molecular weight excluding hydrogens is 374 g/mol. The molecule has 0 aliphatic heterocycles. The summed E-state index contributed by atoms with van der Waals surface area (Å²) in [4.78, 5) is 23.7. The Morgan fingerprint density at radius 3 is 2.37 bits per heavy atom. The summed E-state index contributed by atoms with van der Waals surface area (Å²) < 4.78 is 0.550. The minimum atomic E-state index is -1.20. The number of carbonyl (C=O) groups is 2. The van der Waals surface area contributed by atoms with Crippen molar-refractivity contribution < 1.29 is 29.4 Å². The van der Waals surface area contributed by atoms with Gasteiger partial charge < -0.3 is 35.3 Å². The second-order valence-corrected chi connectivity index (χ2v) is 7.21. The molecule has 0 aliphatic rings. The monoisotopic (exact) mass is 401 g/mol. The van der Waals surface area contributed by atoms with Gasteiger partial charge in [0.05, 0.1) is 21.1 Å². The molecule has 1 heterocycles. The third kappa shape index (κ3) is 9.39. The quantitative estimate of drug-likeness (QED) is 0.471. The molecule has 152 valence electrons. The first-order valence-corrected chi connectivity index (χ1v) is 8.21. The summed E-state index contributed by atoms with van der Waals surface area (Å²) in [5, 5.41) is 28.9. The van der Waals surface area contributed by atoms with E-state index in [1.54, 1.807) is 0 Å². The van der Waals surface area contributed by atoms with E-state index in [0.29, 0.717) is 17.4 Å². The minimum Gasteiger partial charge on any atom is -0.550 e. The number of carbonyl (C=O) groups excluding carboxylic acids is 1. The van der Waals surface area contributed by atoms with Gasteiger partial charge >= 0.3 is 5.97 Å². The molecule has 0 bridgehead atoms. The molecule has 5 N–H and O–H groups in total. The number of nitrogens with two attached hydrogens (primary N) is 1. The fourth-order valence-electron chi connectivity index (χ4n) is 2.51. The number of aliphatic hydroxyl groups is 1. The number of hydrogen-bond donors (Lipinski definition) is 4. The Morgan fingerprint density at radius 1 is 1.26 bits per heavy atom. The maximum absolute atomic E-state index is 10.6. The van der Waals surface area contributed by atoms with Crippen molar-refractivity contribution in [3.63, 3.8) is 0 Å². The molecule has 2 rings (SSSR count). The standard InChI is InChI=1S/C11H12N2O2.C7H15NO3.ClH/c12-9(11(14)15)5-7-6-13-10-4-2-1-3-8(7)10;1-8(2,3)5-6(9)4-7(10)11;/h1-4,6,9,13H,5,12H2,(H,14,15);6,9H,4-5H2,1-3H3;1H. The largest absolute Gasteiger partial charge is 0.550 e. The third-order valence-corrected chi connectivity index (χ3v) is 3.59. The van der Waals surface area contributed by atoms with Gasteiger partial charge in [-0.2, -0.15) is 0 Å². The number of aromatic amines is 1. The number of carboxylic acids is 2. The van der Waals surface area contributed by atoms with Crippen molar-refractivity contribution in [2.24, 2.45) is 5.73 Å². The summed E-state index contributed by atoms with van der Waals surface area (Å²) in [5.74, 6) is -2.17. The molecule has 0 fully saturated rings. The van der Waals surface area contributed by atoms with Crippen molar-refractivity contribution in [1.82, 2.24) is 4.98 Å². The fourth-order valence-corrected chi connectivity index (χ4v) is 2.51. The van der Waals surface area contributed by atoms with Gasteiger partial charge in [0.2, 0.25) is 0 Å². The number of benzene rings is 1. The van der Waals surface area contributed by atoms with Crippen LogP contribution in [0.5, 0.6) is 0 Å². The number of aliphatic hydroxyl groups excluding tert-OH is 1. The van der Waals surface area contributed by atoms with Gasteiger partial charge in [-0.25, -0.2) is 0 Å². The zero-order valence-corrected chi connectivity index (χ0v) is 16.5. The van der Waals surface area contributed by atoms with Crippen LogP contribution < -0.4 is 10.8 Å². The van der Waals surface area contributed by atoms with Gasteiger partial charge in [-0.15, -0.1) is 12.4 Å². The summed E-state index contributed by atoms with van der Waals surface area (Å²) in [7, 11) is 5.66. The Balaban J connectivity index is 0.000000509. The number of nitrogens with one attached hydrogen (secondary N) is 1. The molecule has 0 saturated heterocycles. The number of fused-ring (bicyclic) bond motifs is 1. The van der Waals surface area contributed by atoms with Gasteiger partial charge in [0.25, 0.3) is 0 Å². The first kappa shape index (κ1) is 24.9. The second-order valence-electron chi connectivity index (χ2n) is 7.21. The SMILES string of the molecule is C[N+](C)(C)CC(O)CC(=O)[O-].Cl.NC(Cc1c[nH]c2ccccc12)C(=O)O. The predicted octanol–water partition coefficient (Wildman–Crippen LogP) is -0.262. The first-order chi connectivity index (χ1) is 12.0. The van der Waals surface area contributed by atoms with Crippen LogP contribution in [0.3, 0.4) is 0 Å². The number of nitrogens with zero attached hydrogens (tertiary/aromatic N) is 1. The van der Waals surface area contributed by atoms with E-state index in [4.69, 9.17) is 15.9 Å². The van der Waals surface area contributed by atoms with Crippen molar-refractivity contribution in [3.05, 3.63) is 36.0 Å². The molecule has 2 aromatic rings. The summed E-state index contributed by atoms with van der Waals surface area (Å²) >= 11 is 0. The number of hydrogen-bond acceptors (Lipinski definition) is 5. The second kappa shape index (κ2) is 10.9.